The van der Waals surface area contributed by atoms with E-state index in [9.17, 15) is 14.9 Å². The second-order valence-electron chi connectivity index (χ2n) is 4.58. The van der Waals surface area contributed by atoms with Crippen molar-refractivity contribution in [2.45, 2.75) is 19.4 Å². The maximum absolute atomic E-state index is 11.5. The van der Waals surface area contributed by atoms with E-state index in [1.54, 1.807) is 13.2 Å². The van der Waals surface area contributed by atoms with Gasteiger partial charge in [0.15, 0.2) is 0 Å². The van der Waals surface area contributed by atoms with E-state index in [4.69, 9.17) is 4.84 Å². The van der Waals surface area contributed by atoms with E-state index >= 15 is 0 Å². The smallest absolute Gasteiger partial charge is 0.344 e. The number of rotatable bonds is 10. The van der Waals surface area contributed by atoms with Gasteiger partial charge in [0.25, 0.3) is 5.69 Å². The quantitative estimate of drug-likeness (QED) is 0.291. The monoisotopic (exact) mass is 311 g/mol. The molecule has 0 saturated carbocycles. The van der Waals surface area contributed by atoms with Gasteiger partial charge in [-0.2, -0.15) is 0 Å². The van der Waals surface area contributed by atoms with Crippen LogP contribution in [0.15, 0.2) is 18.2 Å². The van der Waals surface area contributed by atoms with E-state index in [-0.39, 0.29) is 11.3 Å². The van der Waals surface area contributed by atoms with Gasteiger partial charge in [0.2, 0.25) is 0 Å². The molecule has 0 aliphatic rings. The maximum atomic E-state index is 11.5. The van der Waals surface area contributed by atoms with E-state index < -0.39 is 10.9 Å². The molecule has 1 aromatic carbocycles. The molecule has 0 bridgehead atoms. The summed E-state index contributed by atoms with van der Waals surface area (Å²) < 4.78 is 4.54. The van der Waals surface area contributed by atoms with Gasteiger partial charge in [-0.15, -0.1) is 0 Å². The molecular weight excluding hydrogens is 290 g/mol. The highest BCUT2D eigenvalue weighted by Crippen LogP contribution is 2.21. The number of carbonyl (C=O) groups is 1. The maximum Gasteiger partial charge on any atom is 0.344 e. The van der Waals surface area contributed by atoms with Crippen LogP contribution in [0.1, 0.15) is 28.8 Å². The van der Waals surface area contributed by atoms with Crippen molar-refractivity contribution >= 4 is 11.7 Å². The highest BCUT2D eigenvalue weighted by Gasteiger charge is 2.21. The Bertz CT molecular complexity index is 507. The number of nitrogens with one attached hydrogen (secondary N) is 2. The lowest BCUT2D eigenvalue weighted by Crippen LogP contribution is -2.18. The Hall–Kier alpha value is -2.03. The summed E-state index contributed by atoms with van der Waals surface area (Å²) in [7, 11) is 2.77. The van der Waals surface area contributed by atoms with E-state index in [1.807, 2.05) is 0 Å². The van der Waals surface area contributed by atoms with Crippen molar-refractivity contribution in [3.8, 4) is 0 Å². The molecule has 1 rings (SSSR count). The van der Waals surface area contributed by atoms with Crippen molar-refractivity contribution < 1.29 is 19.3 Å². The van der Waals surface area contributed by atoms with Gasteiger partial charge in [0, 0.05) is 19.2 Å². The molecule has 8 heteroatoms. The molecule has 0 aliphatic heterocycles. The minimum atomic E-state index is -0.711. The molecule has 0 aliphatic carbocycles. The first-order valence-corrected chi connectivity index (χ1v) is 6.92. The predicted octanol–water partition coefficient (Wildman–Crippen LogP) is 1.40. The van der Waals surface area contributed by atoms with Crippen molar-refractivity contribution in [2.24, 2.45) is 0 Å². The van der Waals surface area contributed by atoms with Gasteiger partial charge < -0.3 is 14.9 Å². The number of hydroxylamine groups is 1. The second kappa shape index (κ2) is 9.82. The Morgan fingerprint density at radius 3 is 2.64 bits per heavy atom. The predicted molar refractivity (Wildman–Crippen MR) is 80.4 cm³/mol. The number of hydrogen-bond acceptors (Lipinski definition) is 7. The lowest BCUT2D eigenvalue weighted by atomic mass is 10.1. The van der Waals surface area contributed by atoms with Crippen molar-refractivity contribution in [2.75, 3.05) is 27.3 Å². The molecule has 0 unspecified atom stereocenters. The first kappa shape index (κ1) is 18.0. The molecule has 0 amide bonds. The summed E-state index contributed by atoms with van der Waals surface area (Å²) in [5.41, 5.74) is 3.22. The van der Waals surface area contributed by atoms with E-state index in [0.717, 1.165) is 31.5 Å². The third-order valence-corrected chi connectivity index (χ3v) is 3.02. The zero-order valence-electron chi connectivity index (χ0n) is 12.8. The van der Waals surface area contributed by atoms with Crippen LogP contribution >= 0.6 is 0 Å². The van der Waals surface area contributed by atoms with Gasteiger partial charge in [0.1, 0.15) is 5.56 Å². The van der Waals surface area contributed by atoms with Crippen LogP contribution in [0.3, 0.4) is 0 Å². The Morgan fingerprint density at radius 2 is 2.00 bits per heavy atom. The minimum absolute atomic E-state index is 0.0399. The molecule has 0 saturated heterocycles. The zero-order chi connectivity index (χ0) is 16.4. The number of nitrogens with zero attached hydrogens (tertiary/aromatic N) is 1. The minimum Gasteiger partial charge on any atom is -0.465 e. The van der Waals surface area contributed by atoms with Crippen molar-refractivity contribution in [3.05, 3.63) is 39.4 Å². The fourth-order valence-corrected chi connectivity index (χ4v) is 1.90. The van der Waals surface area contributed by atoms with Crippen molar-refractivity contribution in [3.63, 3.8) is 0 Å². The summed E-state index contributed by atoms with van der Waals surface area (Å²) >= 11 is 0. The third kappa shape index (κ3) is 5.76. The summed E-state index contributed by atoms with van der Waals surface area (Å²) in [5, 5.41) is 14.2. The topological polar surface area (TPSA) is 103 Å². The van der Waals surface area contributed by atoms with Crippen LogP contribution in [0.4, 0.5) is 5.69 Å². The number of benzene rings is 1. The van der Waals surface area contributed by atoms with Crippen LogP contribution in [-0.2, 0) is 16.1 Å². The first-order chi connectivity index (χ1) is 10.6. The van der Waals surface area contributed by atoms with Gasteiger partial charge in [-0.05, 0) is 31.0 Å². The molecule has 1 aromatic rings. The average Bonchev–Trinajstić information content (AvgIpc) is 2.53. The Morgan fingerprint density at radius 1 is 1.27 bits per heavy atom. The van der Waals surface area contributed by atoms with Crippen molar-refractivity contribution in [1.29, 1.82) is 0 Å². The van der Waals surface area contributed by atoms with Crippen LogP contribution < -0.4 is 10.8 Å². The van der Waals surface area contributed by atoms with Gasteiger partial charge in [-0.25, -0.2) is 10.3 Å². The third-order valence-electron chi connectivity index (χ3n) is 3.02. The normalized spacial score (nSPS) is 10.5. The number of esters is 1. The molecule has 22 heavy (non-hydrogen) atoms. The van der Waals surface area contributed by atoms with Gasteiger partial charge in [0.05, 0.1) is 19.1 Å². The highest BCUT2D eigenvalue weighted by atomic mass is 16.6. The van der Waals surface area contributed by atoms with Gasteiger partial charge >= 0.3 is 5.97 Å². The van der Waals surface area contributed by atoms with Gasteiger partial charge in [-0.3, -0.25) is 10.1 Å². The Balaban J connectivity index is 2.53. The second-order valence-corrected chi connectivity index (χ2v) is 4.58. The number of carbonyl (C=O) groups excluding carboxylic acids is 1. The first-order valence-electron chi connectivity index (χ1n) is 6.92. The molecular formula is C14H21N3O5. The van der Waals surface area contributed by atoms with Crippen LogP contribution in [0.2, 0.25) is 0 Å². The number of methoxy groups -OCH3 is 1. The Kier molecular flexibility index (Phi) is 8.05. The molecule has 0 fully saturated rings. The Labute approximate surface area is 128 Å². The molecule has 122 valence electrons. The number of nitro groups is 1. The van der Waals surface area contributed by atoms with Crippen LogP contribution in [0.25, 0.3) is 0 Å². The molecule has 8 nitrogen and oxygen atoms in total. The number of unbranched alkanes of at least 4 members (excludes halogenated alkanes) is 1. The summed E-state index contributed by atoms with van der Waals surface area (Å²) in [4.78, 5) is 26.7. The SMILES string of the molecule is CONCCCCNCc1ccc(C(=O)OC)c([N+](=O)[O-])c1. The zero-order valence-corrected chi connectivity index (χ0v) is 12.8. The lowest BCUT2D eigenvalue weighted by Gasteiger charge is -2.07. The number of nitro benzene ring substituents is 1. The summed E-state index contributed by atoms with van der Waals surface area (Å²) in [6.45, 7) is 2.06. The number of ether oxygens (including phenoxy) is 1. The molecule has 0 heterocycles. The molecule has 0 spiro atoms. The molecule has 0 atom stereocenters. The van der Waals surface area contributed by atoms with E-state index in [1.165, 1.54) is 19.2 Å². The molecule has 2 N–H and O–H groups in total. The number of hydrogen-bond donors (Lipinski definition) is 2. The lowest BCUT2D eigenvalue weighted by molar-refractivity contribution is -0.385. The van der Waals surface area contributed by atoms with Crippen LogP contribution in [0.5, 0.6) is 0 Å². The summed E-state index contributed by atoms with van der Waals surface area (Å²) in [6.07, 6.45) is 1.92. The van der Waals surface area contributed by atoms with Gasteiger partial charge in [-0.1, -0.05) is 6.07 Å². The van der Waals surface area contributed by atoms with Crippen molar-refractivity contribution in [1.82, 2.24) is 10.8 Å². The average molecular weight is 311 g/mol. The fraction of sp³-hybridized carbons (Fsp3) is 0.500. The highest BCUT2D eigenvalue weighted by molar-refractivity contribution is 5.93. The van der Waals surface area contributed by atoms with E-state index in [2.05, 4.69) is 15.5 Å². The summed E-state index contributed by atoms with van der Waals surface area (Å²) in [5.74, 6) is -0.711. The molecule has 0 aromatic heterocycles. The molecule has 0 radical (unpaired) electrons. The van der Waals surface area contributed by atoms with Crippen LogP contribution in [0, 0.1) is 10.1 Å². The van der Waals surface area contributed by atoms with E-state index in [0.29, 0.717) is 6.54 Å². The summed E-state index contributed by atoms with van der Waals surface area (Å²) in [6, 6.07) is 4.49. The fourth-order valence-electron chi connectivity index (χ4n) is 1.90. The van der Waals surface area contributed by atoms with Crippen LogP contribution in [-0.4, -0.2) is 38.2 Å². The largest absolute Gasteiger partial charge is 0.465 e. The standard InChI is InChI=1S/C14H21N3O5/c1-21-14(18)12-6-5-11(9-13(12)17(19)20)10-15-7-3-4-8-16-22-2/h5-6,9,15-16H,3-4,7-8,10H2,1-2H3.